The van der Waals surface area contributed by atoms with Crippen LogP contribution in [0.25, 0.3) is 16.9 Å². The Morgan fingerprint density at radius 1 is 1.03 bits per heavy atom. The Kier molecular flexibility index (Phi) is 7.72. The Labute approximate surface area is 223 Å². The van der Waals surface area contributed by atoms with Gasteiger partial charge in [0.15, 0.2) is 17.8 Å². The highest BCUT2D eigenvalue weighted by Crippen LogP contribution is 2.30. The van der Waals surface area contributed by atoms with Crippen molar-refractivity contribution in [2.75, 3.05) is 0 Å². The van der Waals surface area contributed by atoms with Gasteiger partial charge in [0.1, 0.15) is 11.8 Å². The smallest absolute Gasteiger partial charge is 0.385 e. The van der Waals surface area contributed by atoms with Crippen LogP contribution in [0.2, 0.25) is 15.1 Å². The van der Waals surface area contributed by atoms with E-state index in [1.54, 1.807) is 18.2 Å². The van der Waals surface area contributed by atoms with Crippen molar-refractivity contribution in [3.05, 3.63) is 85.9 Å². The van der Waals surface area contributed by atoms with E-state index in [1.807, 2.05) is 0 Å². The Hall–Kier alpha value is -2.83. The van der Waals surface area contributed by atoms with Gasteiger partial charge in [-0.15, -0.1) is 5.10 Å². The van der Waals surface area contributed by atoms with E-state index in [-0.39, 0.29) is 39.6 Å². The van der Waals surface area contributed by atoms with Gasteiger partial charge >= 0.3 is 11.9 Å². The molecule has 2 aromatic heterocycles. The zero-order chi connectivity index (χ0) is 27.1. The molecule has 0 aliphatic rings. The summed E-state index contributed by atoms with van der Waals surface area (Å²) in [5.74, 6) is 0.146. The van der Waals surface area contributed by atoms with Gasteiger partial charge in [0, 0.05) is 11.2 Å². The van der Waals surface area contributed by atoms with Crippen molar-refractivity contribution in [3.63, 3.8) is 0 Å². The first-order valence-corrected chi connectivity index (χ1v) is 11.9. The minimum absolute atomic E-state index is 0.0603. The van der Waals surface area contributed by atoms with Gasteiger partial charge in [-0.05, 0) is 36.8 Å². The molecule has 0 aliphatic carbocycles. The molecular formula is C23H19Cl3F3N5O3. The van der Waals surface area contributed by atoms with Crippen molar-refractivity contribution in [1.29, 1.82) is 0 Å². The summed E-state index contributed by atoms with van der Waals surface area (Å²) in [5, 5.41) is 25.1. The predicted molar refractivity (Wildman–Crippen MR) is 132 cm³/mol. The zero-order valence-electron chi connectivity index (χ0n) is 19.0. The summed E-state index contributed by atoms with van der Waals surface area (Å²) in [6, 6.07) is 10.9. The number of hydrogen-bond acceptors (Lipinski definition) is 5. The molecule has 4 aromatic rings. The van der Waals surface area contributed by atoms with Crippen LogP contribution in [0.15, 0.2) is 53.5 Å². The number of benzene rings is 2. The van der Waals surface area contributed by atoms with E-state index in [9.17, 15) is 28.2 Å². The lowest BCUT2D eigenvalue weighted by atomic mass is 10.1. The molecule has 2 atom stereocenters. The number of aliphatic hydroxyl groups excluding tert-OH is 2. The Bertz CT molecular complexity index is 1460. The average molecular weight is 577 g/mol. The standard InChI is InChI=1S/C23H19Cl3F3N5O3/c1-12(35)21-30-19(31-34(21)20-15(25)3-2-4-16(20)26)11-32-9-17(13-5-7-14(24)8-6-13)33(22(32)37)10-18(36)23(27,28)29/h2-9,12,18,35-36H,10-11H2,1H3. The van der Waals surface area contributed by atoms with Gasteiger partial charge in [-0.2, -0.15) is 13.2 Å². The van der Waals surface area contributed by atoms with Crippen LogP contribution in [0.3, 0.4) is 0 Å². The number of hydrogen-bond donors (Lipinski definition) is 2. The summed E-state index contributed by atoms with van der Waals surface area (Å²) in [6.45, 7) is 0.168. The molecule has 0 fully saturated rings. The molecule has 196 valence electrons. The molecule has 14 heteroatoms. The number of nitrogens with zero attached hydrogens (tertiary/aromatic N) is 5. The second kappa shape index (κ2) is 10.5. The molecule has 2 heterocycles. The number of halogens is 6. The first-order valence-electron chi connectivity index (χ1n) is 10.8. The van der Waals surface area contributed by atoms with Crippen LogP contribution < -0.4 is 5.69 Å². The molecule has 0 amide bonds. The van der Waals surface area contributed by atoms with Gasteiger partial charge in [0.2, 0.25) is 0 Å². The molecule has 0 radical (unpaired) electrons. The monoisotopic (exact) mass is 575 g/mol. The highest BCUT2D eigenvalue weighted by molar-refractivity contribution is 6.37. The van der Waals surface area contributed by atoms with Crippen molar-refractivity contribution in [2.45, 2.75) is 38.4 Å². The lowest BCUT2D eigenvalue weighted by Crippen LogP contribution is -2.37. The third kappa shape index (κ3) is 5.70. The maximum absolute atomic E-state index is 13.2. The first-order chi connectivity index (χ1) is 17.4. The van der Waals surface area contributed by atoms with Crippen LogP contribution in [0, 0.1) is 0 Å². The van der Waals surface area contributed by atoms with Crippen LogP contribution in [0.5, 0.6) is 0 Å². The Balaban J connectivity index is 1.79. The van der Waals surface area contributed by atoms with E-state index in [0.29, 0.717) is 10.6 Å². The molecule has 0 aliphatic heterocycles. The third-order valence-electron chi connectivity index (χ3n) is 5.43. The van der Waals surface area contributed by atoms with Gasteiger partial charge < -0.3 is 10.2 Å². The van der Waals surface area contributed by atoms with Gasteiger partial charge in [-0.25, -0.2) is 14.5 Å². The third-order valence-corrected chi connectivity index (χ3v) is 6.29. The van der Waals surface area contributed by atoms with Crippen molar-refractivity contribution in [2.24, 2.45) is 0 Å². The number of aromatic nitrogens is 5. The van der Waals surface area contributed by atoms with E-state index >= 15 is 0 Å². The summed E-state index contributed by atoms with van der Waals surface area (Å²) >= 11 is 18.5. The van der Waals surface area contributed by atoms with Gasteiger partial charge in [-0.1, -0.05) is 53.0 Å². The molecule has 2 unspecified atom stereocenters. The molecule has 8 nitrogen and oxygen atoms in total. The fourth-order valence-electron chi connectivity index (χ4n) is 3.66. The molecule has 4 rings (SSSR count). The fraction of sp³-hybridized carbons (Fsp3) is 0.261. The maximum atomic E-state index is 13.2. The SMILES string of the molecule is CC(O)c1nc(Cn2cc(-c3ccc(Cl)cc3)n(CC(O)C(F)(F)F)c2=O)nn1-c1c(Cl)cccc1Cl. The van der Waals surface area contributed by atoms with Crippen molar-refractivity contribution < 1.29 is 23.4 Å². The topological polar surface area (TPSA) is 98.1 Å². The fourth-order valence-corrected chi connectivity index (χ4v) is 4.35. The normalized spacial score (nSPS) is 13.6. The van der Waals surface area contributed by atoms with Crippen molar-refractivity contribution in [1.82, 2.24) is 23.9 Å². The van der Waals surface area contributed by atoms with E-state index < -0.39 is 30.6 Å². The molecule has 0 saturated carbocycles. The number of para-hydroxylation sites is 1. The van der Waals surface area contributed by atoms with Crippen molar-refractivity contribution >= 4 is 34.8 Å². The Morgan fingerprint density at radius 3 is 2.22 bits per heavy atom. The average Bonchev–Trinajstić information content (AvgIpc) is 3.36. The molecule has 0 spiro atoms. The number of aliphatic hydroxyl groups is 2. The number of imidazole rings is 1. The quantitative estimate of drug-likeness (QED) is 0.327. The minimum atomic E-state index is -4.93. The number of rotatable bonds is 7. The largest absolute Gasteiger partial charge is 0.416 e. The van der Waals surface area contributed by atoms with Crippen LogP contribution in [0.4, 0.5) is 13.2 Å². The second-order valence-corrected chi connectivity index (χ2v) is 9.39. The highest BCUT2D eigenvalue weighted by Gasteiger charge is 2.39. The molecule has 0 bridgehead atoms. The summed E-state index contributed by atoms with van der Waals surface area (Å²) in [7, 11) is 0. The number of alkyl halides is 3. The highest BCUT2D eigenvalue weighted by atomic mass is 35.5. The van der Waals surface area contributed by atoms with Crippen LogP contribution in [-0.2, 0) is 13.1 Å². The summed E-state index contributed by atoms with van der Waals surface area (Å²) < 4.78 is 42.5. The van der Waals surface area contributed by atoms with Gasteiger partial charge in [0.25, 0.3) is 0 Å². The van der Waals surface area contributed by atoms with Crippen LogP contribution >= 0.6 is 34.8 Å². The van der Waals surface area contributed by atoms with Crippen molar-refractivity contribution in [3.8, 4) is 16.9 Å². The lowest BCUT2D eigenvalue weighted by molar-refractivity contribution is -0.207. The summed E-state index contributed by atoms with van der Waals surface area (Å²) in [5.41, 5.74) is -0.0468. The lowest BCUT2D eigenvalue weighted by Gasteiger charge is -2.16. The minimum Gasteiger partial charge on any atom is -0.385 e. The van der Waals surface area contributed by atoms with Gasteiger partial charge in [-0.3, -0.25) is 9.13 Å². The van der Waals surface area contributed by atoms with E-state index in [4.69, 9.17) is 34.8 Å². The molecule has 2 aromatic carbocycles. The van der Waals surface area contributed by atoms with E-state index in [1.165, 1.54) is 42.1 Å². The van der Waals surface area contributed by atoms with E-state index in [2.05, 4.69) is 10.1 Å². The maximum Gasteiger partial charge on any atom is 0.416 e. The summed E-state index contributed by atoms with van der Waals surface area (Å²) in [6.07, 6.45) is -7.46. The zero-order valence-corrected chi connectivity index (χ0v) is 21.3. The molecule has 37 heavy (non-hydrogen) atoms. The Morgan fingerprint density at radius 2 is 1.65 bits per heavy atom. The molecular weight excluding hydrogens is 558 g/mol. The second-order valence-electron chi connectivity index (χ2n) is 8.14. The summed E-state index contributed by atoms with van der Waals surface area (Å²) in [4.78, 5) is 17.5. The van der Waals surface area contributed by atoms with Crippen LogP contribution in [-0.4, -0.2) is 46.4 Å². The van der Waals surface area contributed by atoms with Crippen LogP contribution in [0.1, 0.15) is 24.7 Å². The van der Waals surface area contributed by atoms with E-state index in [0.717, 1.165) is 9.13 Å². The first kappa shape index (κ1) is 27.2. The molecule has 0 saturated heterocycles. The van der Waals surface area contributed by atoms with Gasteiger partial charge in [0.05, 0.1) is 28.8 Å². The molecule has 2 N–H and O–H groups in total. The predicted octanol–water partition coefficient (Wildman–Crippen LogP) is 4.88.